The summed E-state index contributed by atoms with van der Waals surface area (Å²) >= 11 is 1.58. The van der Waals surface area contributed by atoms with Gasteiger partial charge in [-0.1, -0.05) is 24.3 Å². The zero-order chi connectivity index (χ0) is 15.4. The smallest absolute Gasteiger partial charge is 0.233 e. The van der Waals surface area contributed by atoms with E-state index in [2.05, 4.69) is 18.2 Å². The maximum atomic E-state index is 12.4. The van der Waals surface area contributed by atoms with Crippen molar-refractivity contribution >= 4 is 17.7 Å². The van der Waals surface area contributed by atoms with Crippen LogP contribution in [0.2, 0.25) is 0 Å². The molecule has 1 aliphatic heterocycles. The molecule has 22 heavy (non-hydrogen) atoms. The Labute approximate surface area is 135 Å². The highest BCUT2D eigenvalue weighted by molar-refractivity contribution is 8.00. The van der Waals surface area contributed by atoms with Crippen molar-refractivity contribution in [3.05, 3.63) is 59.7 Å². The Morgan fingerprint density at radius 1 is 1.14 bits per heavy atom. The van der Waals surface area contributed by atoms with Crippen LogP contribution >= 0.6 is 11.8 Å². The molecule has 0 radical (unpaired) electrons. The largest absolute Gasteiger partial charge is 0.497 e. The third kappa shape index (κ3) is 3.45. The Hall–Kier alpha value is -1.94. The molecule has 0 unspecified atom stereocenters. The lowest BCUT2D eigenvalue weighted by Gasteiger charge is -2.28. The number of benzene rings is 2. The number of amides is 1. The van der Waals surface area contributed by atoms with Crippen molar-refractivity contribution in [1.29, 1.82) is 0 Å². The van der Waals surface area contributed by atoms with Crippen LogP contribution in [0.1, 0.15) is 11.1 Å². The first kappa shape index (κ1) is 15.0. The third-order valence-electron chi connectivity index (χ3n) is 3.91. The summed E-state index contributed by atoms with van der Waals surface area (Å²) < 4.78 is 5.14. The van der Waals surface area contributed by atoms with E-state index in [0.717, 1.165) is 30.2 Å². The molecule has 0 saturated heterocycles. The molecule has 0 bridgehead atoms. The first-order chi connectivity index (χ1) is 10.8. The van der Waals surface area contributed by atoms with Crippen LogP contribution < -0.4 is 4.74 Å². The van der Waals surface area contributed by atoms with Crippen molar-refractivity contribution in [2.24, 2.45) is 0 Å². The van der Waals surface area contributed by atoms with Crippen molar-refractivity contribution in [3.8, 4) is 5.75 Å². The molecule has 114 valence electrons. The highest BCUT2D eigenvalue weighted by atomic mass is 32.2. The molecular weight excluding hydrogens is 294 g/mol. The van der Waals surface area contributed by atoms with Gasteiger partial charge in [-0.3, -0.25) is 4.79 Å². The van der Waals surface area contributed by atoms with Gasteiger partial charge in [0.1, 0.15) is 5.75 Å². The Balaban J connectivity index is 1.56. The van der Waals surface area contributed by atoms with Crippen molar-refractivity contribution in [2.75, 3.05) is 19.4 Å². The van der Waals surface area contributed by atoms with E-state index in [1.54, 1.807) is 18.9 Å². The number of rotatable bonds is 4. The van der Waals surface area contributed by atoms with Crippen LogP contribution in [-0.2, 0) is 17.8 Å². The van der Waals surface area contributed by atoms with E-state index >= 15 is 0 Å². The number of carbonyl (C=O) groups excluding carboxylic acids is 1. The molecule has 3 nitrogen and oxygen atoms in total. The molecule has 0 aliphatic carbocycles. The molecule has 1 heterocycles. The van der Waals surface area contributed by atoms with Gasteiger partial charge in [-0.15, -0.1) is 11.8 Å². The molecule has 0 atom stereocenters. The lowest BCUT2D eigenvalue weighted by molar-refractivity contribution is -0.129. The molecule has 0 saturated carbocycles. The summed E-state index contributed by atoms with van der Waals surface area (Å²) in [5, 5.41) is 0. The van der Waals surface area contributed by atoms with Crippen molar-refractivity contribution in [1.82, 2.24) is 4.90 Å². The van der Waals surface area contributed by atoms with Crippen molar-refractivity contribution in [3.63, 3.8) is 0 Å². The van der Waals surface area contributed by atoms with Gasteiger partial charge in [-0.25, -0.2) is 0 Å². The first-order valence-electron chi connectivity index (χ1n) is 7.37. The minimum Gasteiger partial charge on any atom is -0.497 e. The summed E-state index contributed by atoms with van der Waals surface area (Å²) in [4.78, 5) is 15.4. The predicted octanol–water partition coefficient (Wildman–Crippen LogP) is 3.37. The second kappa shape index (κ2) is 6.88. The fraction of sp³-hybridized carbons (Fsp3) is 0.278. The lowest BCUT2D eigenvalue weighted by Crippen LogP contribution is -2.37. The van der Waals surface area contributed by atoms with Gasteiger partial charge in [-0.2, -0.15) is 0 Å². The number of carbonyl (C=O) groups is 1. The van der Waals surface area contributed by atoms with E-state index in [-0.39, 0.29) is 5.91 Å². The van der Waals surface area contributed by atoms with E-state index in [1.807, 2.05) is 35.2 Å². The van der Waals surface area contributed by atoms with E-state index < -0.39 is 0 Å². The topological polar surface area (TPSA) is 29.5 Å². The first-order valence-corrected chi connectivity index (χ1v) is 8.36. The summed E-state index contributed by atoms with van der Waals surface area (Å²) in [6, 6.07) is 16.2. The maximum Gasteiger partial charge on any atom is 0.233 e. The maximum absolute atomic E-state index is 12.4. The average Bonchev–Trinajstić information content (AvgIpc) is 2.59. The van der Waals surface area contributed by atoms with Gasteiger partial charge < -0.3 is 9.64 Å². The average molecular weight is 313 g/mol. The van der Waals surface area contributed by atoms with Crippen LogP contribution in [0.15, 0.2) is 53.4 Å². The molecule has 1 amide bonds. The van der Waals surface area contributed by atoms with Crippen LogP contribution in [-0.4, -0.2) is 30.2 Å². The SMILES string of the molecule is COc1ccc(SCC(=O)N2CCc3ccccc3C2)cc1. The van der Waals surface area contributed by atoms with Gasteiger partial charge in [0.2, 0.25) is 5.91 Å². The monoisotopic (exact) mass is 313 g/mol. The summed E-state index contributed by atoms with van der Waals surface area (Å²) in [5.41, 5.74) is 2.64. The Kier molecular flexibility index (Phi) is 4.68. The molecule has 3 rings (SSSR count). The number of nitrogens with zero attached hydrogens (tertiary/aromatic N) is 1. The molecule has 2 aromatic rings. The summed E-state index contributed by atoms with van der Waals surface area (Å²) in [5.74, 6) is 1.52. The molecule has 0 N–H and O–H groups in total. The molecule has 1 aliphatic rings. The van der Waals surface area contributed by atoms with Gasteiger partial charge >= 0.3 is 0 Å². The molecule has 2 aromatic carbocycles. The molecule has 0 spiro atoms. The number of methoxy groups -OCH3 is 1. The summed E-state index contributed by atoms with van der Waals surface area (Å²) in [6.07, 6.45) is 0.953. The number of hydrogen-bond acceptors (Lipinski definition) is 3. The number of fused-ring (bicyclic) bond motifs is 1. The third-order valence-corrected chi connectivity index (χ3v) is 4.90. The van der Waals surface area contributed by atoms with Crippen LogP contribution in [0.3, 0.4) is 0 Å². The standard InChI is InChI=1S/C18H19NO2S/c1-21-16-6-8-17(9-7-16)22-13-18(20)19-11-10-14-4-2-3-5-15(14)12-19/h2-9H,10-13H2,1H3. The molecular formula is C18H19NO2S. The van der Waals surface area contributed by atoms with Crippen molar-refractivity contribution < 1.29 is 9.53 Å². The van der Waals surface area contributed by atoms with E-state index in [0.29, 0.717) is 5.75 Å². The van der Waals surface area contributed by atoms with Crippen LogP contribution in [0, 0.1) is 0 Å². The minimum atomic E-state index is 0.204. The summed E-state index contributed by atoms with van der Waals surface area (Å²) in [6.45, 7) is 1.55. The van der Waals surface area contributed by atoms with E-state index in [9.17, 15) is 4.79 Å². The zero-order valence-electron chi connectivity index (χ0n) is 12.6. The predicted molar refractivity (Wildman–Crippen MR) is 89.3 cm³/mol. The van der Waals surface area contributed by atoms with E-state index in [1.165, 1.54) is 11.1 Å². The second-order valence-electron chi connectivity index (χ2n) is 5.30. The minimum absolute atomic E-state index is 0.204. The number of ether oxygens (including phenoxy) is 1. The quantitative estimate of drug-likeness (QED) is 0.811. The van der Waals surface area contributed by atoms with Crippen molar-refractivity contribution in [2.45, 2.75) is 17.9 Å². The van der Waals surface area contributed by atoms with Gasteiger partial charge in [-0.05, 0) is 41.8 Å². The summed E-state index contributed by atoms with van der Waals surface area (Å²) in [7, 11) is 1.65. The zero-order valence-corrected chi connectivity index (χ0v) is 13.4. The fourth-order valence-electron chi connectivity index (χ4n) is 2.62. The molecule has 4 heteroatoms. The van der Waals surface area contributed by atoms with Gasteiger partial charge in [0.25, 0.3) is 0 Å². The fourth-order valence-corrected chi connectivity index (χ4v) is 3.42. The van der Waals surface area contributed by atoms with Crippen LogP contribution in [0.25, 0.3) is 0 Å². The van der Waals surface area contributed by atoms with Gasteiger partial charge in [0, 0.05) is 18.0 Å². The lowest BCUT2D eigenvalue weighted by atomic mass is 10.00. The molecule has 0 fully saturated rings. The van der Waals surface area contributed by atoms with Crippen LogP contribution in [0.4, 0.5) is 0 Å². The second-order valence-corrected chi connectivity index (χ2v) is 6.35. The normalized spacial score (nSPS) is 13.6. The Morgan fingerprint density at radius 3 is 2.59 bits per heavy atom. The Bertz CT molecular complexity index is 654. The Morgan fingerprint density at radius 2 is 1.86 bits per heavy atom. The van der Waals surface area contributed by atoms with E-state index in [4.69, 9.17) is 4.74 Å². The van der Waals surface area contributed by atoms with Crippen LogP contribution in [0.5, 0.6) is 5.75 Å². The van der Waals surface area contributed by atoms with Gasteiger partial charge in [0.15, 0.2) is 0 Å². The number of thioether (sulfide) groups is 1. The van der Waals surface area contributed by atoms with Gasteiger partial charge in [0.05, 0.1) is 12.9 Å². The highest BCUT2D eigenvalue weighted by Crippen LogP contribution is 2.23. The highest BCUT2D eigenvalue weighted by Gasteiger charge is 2.20. The molecule has 0 aromatic heterocycles. The number of hydrogen-bond donors (Lipinski definition) is 0.